The Morgan fingerprint density at radius 3 is 2.59 bits per heavy atom. The van der Waals surface area contributed by atoms with Crippen LogP contribution in [0.25, 0.3) is 10.9 Å². The van der Waals surface area contributed by atoms with Gasteiger partial charge in [-0.2, -0.15) is 0 Å². The molecule has 1 aliphatic heterocycles. The van der Waals surface area contributed by atoms with E-state index in [1.807, 2.05) is 29.2 Å². The van der Waals surface area contributed by atoms with Gasteiger partial charge in [0.05, 0.1) is 5.56 Å². The number of Topliss-reactive ketones (excluding diaryl/α,β-unsaturated/α-hetero) is 1. The molecule has 1 aromatic carbocycles. The summed E-state index contributed by atoms with van der Waals surface area (Å²) in [6.45, 7) is 4.78. The minimum atomic E-state index is -0.376. The lowest BCUT2D eigenvalue weighted by atomic mass is 9.88. The van der Waals surface area contributed by atoms with Gasteiger partial charge < -0.3 is 14.8 Å². The van der Waals surface area contributed by atoms with Gasteiger partial charge in [0.1, 0.15) is 0 Å². The molecule has 5 heteroatoms. The summed E-state index contributed by atoms with van der Waals surface area (Å²) in [5, 5.41) is 0.834. The Balaban J connectivity index is 1.45. The fourth-order valence-electron chi connectivity index (χ4n) is 4.97. The number of ketones is 1. The van der Waals surface area contributed by atoms with Crippen molar-refractivity contribution in [3.63, 3.8) is 0 Å². The topological polar surface area (TPSA) is 56.4 Å². The number of para-hydroxylation sites is 1. The number of carbonyl (C=O) groups is 2. The van der Waals surface area contributed by atoms with Gasteiger partial charge in [-0.3, -0.25) is 9.59 Å². The van der Waals surface area contributed by atoms with Crippen molar-refractivity contribution in [2.24, 2.45) is 5.92 Å². The number of aromatic nitrogens is 1. The molecule has 0 spiro atoms. The zero-order chi connectivity index (χ0) is 20.1. The van der Waals surface area contributed by atoms with E-state index in [4.69, 9.17) is 0 Å². The molecule has 2 aliphatic rings. The molecule has 1 aromatic heterocycles. The quantitative estimate of drug-likeness (QED) is 0.537. The molecule has 0 radical (unpaired) electrons. The zero-order valence-electron chi connectivity index (χ0n) is 17.4. The van der Waals surface area contributed by atoms with Crippen LogP contribution in [0.1, 0.15) is 61.7 Å². The second-order valence-corrected chi connectivity index (χ2v) is 8.73. The first-order valence-electron chi connectivity index (χ1n) is 11.3. The van der Waals surface area contributed by atoms with E-state index in [9.17, 15) is 9.59 Å². The lowest BCUT2D eigenvalue weighted by Crippen LogP contribution is -2.41. The molecule has 4 rings (SSSR count). The summed E-state index contributed by atoms with van der Waals surface area (Å²) in [4.78, 5) is 33.8. The molecule has 0 unspecified atom stereocenters. The van der Waals surface area contributed by atoms with Gasteiger partial charge in [0, 0.05) is 30.2 Å². The molecule has 1 saturated heterocycles. The lowest BCUT2D eigenvalue weighted by Gasteiger charge is -2.30. The minimum Gasteiger partial charge on any atom is -0.360 e. The number of aromatic amines is 1. The van der Waals surface area contributed by atoms with Crippen LogP contribution in [0, 0.1) is 5.92 Å². The summed E-state index contributed by atoms with van der Waals surface area (Å²) in [6.07, 6.45) is 11.3. The van der Waals surface area contributed by atoms with Gasteiger partial charge in [0.15, 0.2) is 0 Å². The summed E-state index contributed by atoms with van der Waals surface area (Å²) in [5.74, 6) is -0.170. The number of carbonyl (C=O) groups excluding carboxylic acids is 2. The Kier molecular flexibility index (Phi) is 6.65. The zero-order valence-corrected chi connectivity index (χ0v) is 17.4. The maximum atomic E-state index is 13.2. The molecule has 1 amide bonds. The van der Waals surface area contributed by atoms with Gasteiger partial charge in [-0.25, -0.2) is 0 Å². The highest BCUT2D eigenvalue weighted by Crippen LogP contribution is 2.25. The molecule has 2 aromatic rings. The van der Waals surface area contributed by atoms with E-state index in [2.05, 4.69) is 9.88 Å². The minimum absolute atomic E-state index is 0.332. The van der Waals surface area contributed by atoms with Crippen molar-refractivity contribution in [1.29, 1.82) is 0 Å². The monoisotopic (exact) mass is 395 g/mol. The van der Waals surface area contributed by atoms with Crippen LogP contribution in [0.2, 0.25) is 0 Å². The normalized spacial score (nSPS) is 18.3. The van der Waals surface area contributed by atoms with E-state index >= 15 is 0 Å². The smallest absolute Gasteiger partial charge is 0.295 e. The number of fused-ring (bicyclic) bond motifs is 1. The number of hydrogen-bond acceptors (Lipinski definition) is 3. The van der Waals surface area contributed by atoms with Crippen LogP contribution >= 0.6 is 0 Å². The van der Waals surface area contributed by atoms with Gasteiger partial charge in [0.25, 0.3) is 11.7 Å². The van der Waals surface area contributed by atoms with Crippen LogP contribution in [0.3, 0.4) is 0 Å². The molecular weight excluding hydrogens is 362 g/mol. The van der Waals surface area contributed by atoms with Crippen molar-refractivity contribution in [2.75, 3.05) is 32.7 Å². The first-order valence-corrected chi connectivity index (χ1v) is 11.3. The maximum Gasteiger partial charge on any atom is 0.295 e. The standard InChI is InChI=1S/C24H33N3O2/c28-23(21-17-25-22-12-5-4-11-20(21)22)24(29)27(18-19-9-2-1-3-10-19)16-8-15-26-13-6-7-14-26/h4-5,11-12,17,19,25H,1-3,6-10,13-16,18H2. The molecule has 1 saturated carbocycles. The first kappa shape index (κ1) is 20.1. The molecule has 29 heavy (non-hydrogen) atoms. The van der Waals surface area contributed by atoms with Crippen molar-refractivity contribution in [3.05, 3.63) is 36.0 Å². The third-order valence-electron chi connectivity index (χ3n) is 6.62. The van der Waals surface area contributed by atoms with Crippen molar-refractivity contribution in [3.8, 4) is 0 Å². The van der Waals surface area contributed by atoms with Crippen LogP contribution in [0.4, 0.5) is 0 Å². The Hall–Kier alpha value is -2.14. The molecule has 2 heterocycles. The number of amides is 1. The maximum absolute atomic E-state index is 13.2. The van der Waals surface area contributed by atoms with Crippen molar-refractivity contribution >= 4 is 22.6 Å². The summed E-state index contributed by atoms with van der Waals surface area (Å²) in [7, 11) is 0. The average molecular weight is 396 g/mol. The van der Waals surface area contributed by atoms with Crippen molar-refractivity contribution < 1.29 is 9.59 Å². The largest absolute Gasteiger partial charge is 0.360 e. The third kappa shape index (κ3) is 4.89. The fraction of sp³-hybridized carbons (Fsp3) is 0.583. The number of nitrogens with zero attached hydrogens (tertiary/aromatic N) is 2. The number of likely N-dealkylation sites (tertiary alicyclic amines) is 1. The molecule has 1 N–H and O–H groups in total. The Morgan fingerprint density at radius 2 is 1.79 bits per heavy atom. The van der Waals surface area contributed by atoms with Crippen LogP contribution < -0.4 is 0 Å². The molecule has 5 nitrogen and oxygen atoms in total. The Bertz CT molecular complexity index is 832. The predicted molar refractivity (Wildman–Crippen MR) is 116 cm³/mol. The molecule has 2 fully saturated rings. The number of hydrogen-bond donors (Lipinski definition) is 1. The van der Waals surface area contributed by atoms with Crippen LogP contribution in [-0.4, -0.2) is 59.2 Å². The van der Waals surface area contributed by atoms with E-state index in [0.29, 0.717) is 18.0 Å². The number of H-pyrrole nitrogens is 1. The van der Waals surface area contributed by atoms with E-state index in [-0.39, 0.29) is 11.7 Å². The van der Waals surface area contributed by atoms with E-state index < -0.39 is 0 Å². The highest BCUT2D eigenvalue weighted by atomic mass is 16.2. The SMILES string of the molecule is O=C(C(=O)N(CCCN1CCCC1)CC1CCCCC1)c1c[nH]c2ccccc12. The Labute approximate surface area is 173 Å². The number of benzene rings is 1. The van der Waals surface area contributed by atoms with Gasteiger partial charge >= 0.3 is 0 Å². The Morgan fingerprint density at radius 1 is 1.03 bits per heavy atom. The first-order chi connectivity index (χ1) is 14.2. The second-order valence-electron chi connectivity index (χ2n) is 8.73. The van der Waals surface area contributed by atoms with Gasteiger partial charge in [-0.1, -0.05) is 37.5 Å². The van der Waals surface area contributed by atoms with Crippen LogP contribution in [0.5, 0.6) is 0 Å². The molecule has 0 atom stereocenters. The summed E-state index contributed by atoms with van der Waals surface area (Å²) >= 11 is 0. The van der Waals surface area contributed by atoms with Crippen molar-refractivity contribution in [1.82, 2.24) is 14.8 Å². The highest BCUT2D eigenvalue weighted by molar-refractivity contribution is 6.44. The summed E-state index contributed by atoms with van der Waals surface area (Å²) in [6, 6.07) is 7.69. The van der Waals surface area contributed by atoms with E-state index in [1.165, 1.54) is 58.0 Å². The number of nitrogens with one attached hydrogen (secondary N) is 1. The molecule has 0 bridgehead atoms. The van der Waals surface area contributed by atoms with Crippen LogP contribution in [-0.2, 0) is 4.79 Å². The molecule has 1 aliphatic carbocycles. The summed E-state index contributed by atoms with van der Waals surface area (Å²) in [5.41, 5.74) is 1.40. The second kappa shape index (κ2) is 9.57. The molecule has 156 valence electrons. The lowest BCUT2D eigenvalue weighted by molar-refractivity contribution is -0.127. The van der Waals surface area contributed by atoms with Gasteiger partial charge in [-0.05, 0) is 63.7 Å². The fourth-order valence-corrected chi connectivity index (χ4v) is 4.97. The van der Waals surface area contributed by atoms with E-state index in [0.717, 1.165) is 30.4 Å². The molecular formula is C24H33N3O2. The predicted octanol–water partition coefficient (Wildman–Crippen LogP) is 4.25. The summed E-state index contributed by atoms with van der Waals surface area (Å²) < 4.78 is 0. The van der Waals surface area contributed by atoms with Gasteiger partial charge in [-0.15, -0.1) is 0 Å². The average Bonchev–Trinajstić information content (AvgIpc) is 3.42. The van der Waals surface area contributed by atoms with Crippen LogP contribution in [0.15, 0.2) is 30.5 Å². The highest BCUT2D eigenvalue weighted by Gasteiger charge is 2.28. The number of rotatable bonds is 8. The van der Waals surface area contributed by atoms with Gasteiger partial charge in [0.2, 0.25) is 0 Å². The third-order valence-corrected chi connectivity index (χ3v) is 6.62. The van der Waals surface area contributed by atoms with E-state index in [1.54, 1.807) is 6.20 Å². The van der Waals surface area contributed by atoms with Crippen molar-refractivity contribution in [2.45, 2.75) is 51.4 Å².